The summed E-state index contributed by atoms with van der Waals surface area (Å²) in [5, 5.41) is 3.52. The standard InChI is InChI=1S/C16H18N2O/c1-19-15-8-4-9-17-14(15)11-13-6-2-5-12-7-3-10-18-16(12)13/h2,4-6,8-9,18H,3,7,10-11H2,1H3. The molecule has 1 aliphatic rings. The van der Waals surface area contributed by atoms with E-state index in [0.29, 0.717) is 0 Å². The second kappa shape index (κ2) is 5.31. The zero-order valence-electron chi connectivity index (χ0n) is 11.1. The van der Waals surface area contributed by atoms with Crippen LogP contribution in [0.25, 0.3) is 0 Å². The summed E-state index contributed by atoms with van der Waals surface area (Å²) in [6.45, 7) is 1.06. The topological polar surface area (TPSA) is 34.1 Å². The molecule has 0 spiro atoms. The van der Waals surface area contributed by atoms with Crippen molar-refractivity contribution in [2.45, 2.75) is 19.3 Å². The van der Waals surface area contributed by atoms with E-state index in [4.69, 9.17) is 4.74 Å². The van der Waals surface area contributed by atoms with E-state index in [1.54, 1.807) is 7.11 Å². The van der Waals surface area contributed by atoms with Gasteiger partial charge in [-0.3, -0.25) is 4.98 Å². The largest absolute Gasteiger partial charge is 0.495 e. The predicted octanol–water partition coefficient (Wildman–Crippen LogP) is 3.04. The van der Waals surface area contributed by atoms with Gasteiger partial charge in [-0.05, 0) is 36.1 Å². The van der Waals surface area contributed by atoms with Gasteiger partial charge in [0.2, 0.25) is 0 Å². The van der Waals surface area contributed by atoms with Gasteiger partial charge in [0, 0.05) is 24.8 Å². The van der Waals surface area contributed by atoms with Crippen molar-refractivity contribution in [3.05, 3.63) is 53.3 Å². The summed E-state index contributed by atoms with van der Waals surface area (Å²) >= 11 is 0. The molecular formula is C16H18N2O. The van der Waals surface area contributed by atoms with Crippen molar-refractivity contribution in [1.29, 1.82) is 0 Å². The molecule has 0 unspecified atom stereocenters. The maximum absolute atomic E-state index is 5.38. The minimum atomic E-state index is 0.806. The van der Waals surface area contributed by atoms with Crippen LogP contribution in [0, 0.1) is 0 Å². The number of hydrogen-bond donors (Lipinski definition) is 1. The lowest BCUT2D eigenvalue weighted by atomic mass is 9.97. The number of ether oxygens (including phenoxy) is 1. The molecule has 0 amide bonds. The number of methoxy groups -OCH3 is 1. The number of pyridine rings is 1. The third kappa shape index (κ3) is 2.41. The van der Waals surface area contributed by atoms with Gasteiger partial charge in [0.15, 0.2) is 0 Å². The Kier molecular flexibility index (Phi) is 3.36. The fourth-order valence-corrected chi connectivity index (χ4v) is 2.65. The van der Waals surface area contributed by atoms with Crippen molar-refractivity contribution in [2.24, 2.45) is 0 Å². The summed E-state index contributed by atoms with van der Waals surface area (Å²) < 4.78 is 5.38. The number of nitrogens with one attached hydrogen (secondary N) is 1. The van der Waals surface area contributed by atoms with Crippen LogP contribution in [0.1, 0.15) is 23.2 Å². The van der Waals surface area contributed by atoms with Crippen molar-refractivity contribution in [3.63, 3.8) is 0 Å². The molecule has 1 aromatic carbocycles. The van der Waals surface area contributed by atoms with Crippen LogP contribution in [-0.4, -0.2) is 18.6 Å². The van der Waals surface area contributed by atoms with Crippen LogP contribution in [0.2, 0.25) is 0 Å². The average molecular weight is 254 g/mol. The fourth-order valence-electron chi connectivity index (χ4n) is 2.65. The molecule has 0 bridgehead atoms. The summed E-state index contributed by atoms with van der Waals surface area (Å²) in [4.78, 5) is 4.44. The summed E-state index contributed by atoms with van der Waals surface area (Å²) in [5.74, 6) is 0.857. The maximum atomic E-state index is 5.38. The summed E-state index contributed by atoms with van der Waals surface area (Å²) in [5.41, 5.74) is 5.00. The Balaban J connectivity index is 1.95. The number of para-hydroxylation sites is 1. The van der Waals surface area contributed by atoms with Crippen LogP contribution in [-0.2, 0) is 12.8 Å². The molecule has 3 nitrogen and oxygen atoms in total. The number of rotatable bonds is 3. The molecule has 0 fully saturated rings. The molecule has 1 aromatic heterocycles. The predicted molar refractivity (Wildman–Crippen MR) is 76.8 cm³/mol. The number of aryl methyl sites for hydroxylation is 1. The molecular weight excluding hydrogens is 236 g/mol. The zero-order valence-corrected chi connectivity index (χ0v) is 11.1. The van der Waals surface area contributed by atoms with Gasteiger partial charge in [-0.2, -0.15) is 0 Å². The smallest absolute Gasteiger partial charge is 0.140 e. The van der Waals surface area contributed by atoms with Crippen LogP contribution in [0.4, 0.5) is 5.69 Å². The number of fused-ring (bicyclic) bond motifs is 1. The van der Waals surface area contributed by atoms with Crippen LogP contribution in [0.15, 0.2) is 36.5 Å². The molecule has 0 aliphatic carbocycles. The van der Waals surface area contributed by atoms with Gasteiger partial charge in [0.25, 0.3) is 0 Å². The van der Waals surface area contributed by atoms with Crippen molar-refractivity contribution in [1.82, 2.24) is 4.98 Å². The van der Waals surface area contributed by atoms with Crippen LogP contribution in [0.3, 0.4) is 0 Å². The van der Waals surface area contributed by atoms with Gasteiger partial charge in [0.05, 0.1) is 12.8 Å². The molecule has 2 heterocycles. The van der Waals surface area contributed by atoms with Crippen molar-refractivity contribution in [2.75, 3.05) is 19.0 Å². The molecule has 19 heavy (non-hydrogen) atoms. The number of benzene rings is 1. The highest BCUT2D eigenvalue weighted by Gasteiger charge is 2.14. The Morgan fingerprint density at radius 2 is 2.21 bits per heavy atom. The lowest BCUT2D eigenvalue weighted by molar-refractivity contribution is 0.408. The van der Waals surface area contributed by atoms with Gasteiger partial charge in [-0.15, -0.1) is 0 Å². The van der Waals surface area contributed by atoms with Crippen molar-refractivity contribution < 1.29 is 4.74 Å². The van der Waals surface area contributed by atoms with E-state index in [0.717, 1.165) is 30.8 Å². The molecule has 0 saturated carbocycles. The Labute approximate surface area is 113 Å². The first-order chi connectivity index (χ1) is 9.38. The second-order valence-electron chi connectivity index (χ2n) is 4.81. The number of hydrogen-bond acceptors (Lipinski definition) is 3. The molecule has 3 rings (SSSR count). The highest BCUT2D eigenvalue weighted by molar-refractivity contribution is 5.60. The summed E-state index contributed by atoms with van der Waals surface area (Å²) in [7, 11) is 1.69. The van der Waals surface area contributed by atoms with E-state index >= 15 is 0 Å². The minimum absolute atomic E-state index is 0.806. The molecule has 98 valence electrons. The van der Waals surface area contributed by atoms with Crippen molar-refractivity contribution >= 4 is 5.69 Å². The highest BCUT2D eigenvalue weighted by Crippen LogP contribution is 2.29. The fraction of sp³-hybridized carbons (Fsp3) is 0.312. The lowest BCUT2D eigenvalue weighted by Gasteiger charge is -2.21. The quantitative estimate of drug-likeness (QED) is 0.914. The number of nitrogens with zero attached hydrogens (tertiary/aromatic N) is 1. The van der Waals surface area contributed by atoms with E-state index in [2.05, 4.69) is 28.5 Å². The third-order valence-electron chi connectivity index (χ3n) is 3.59. The monoisotopic (exact) mass is 254 g/mol. The molecule has 0 atom stereocenters. The Morgan fingerprint density at radius 3 is 3.11 bits per heavy atom. The van der Waals surface area contributed by atoms with Gasteiger partial charge in [-0.25, -0.2) is 0 Å². The Morgan fingerprint density at radius 1 is 1.26 bits per heavy atom. The van der Waals surface area contributed by atoms with Crippen LogP contribution >= 0.6 is 0 Å². The molecule has 1 aliphatic heterocycles. The first-order valence-electron chi connectivity index (χ1n) is 6.71. The second-order valence-corrected chi connectivity index (χ2v) is 4.81. The first-order valence-corrected chi connectivity index (χ1v) is 6.71. The Bertz CT molecular complexity index is 581. The molecule has 0 radical (unpaired) electrons. The average Bonchev–Trinajstić information content (AvgIpc) is 2.48. The number of aromatic nitrogens is 1. The van der Waals surface area contributed by atoms with Gasteiger partial charge in [-0.1, -0.05) is 18.2 Å². The number of anilines is 1. The third-order valence-corrected chi connectivity index (χ3v) is 3.59. The minimum Gasteiger partial charge on any atom is -0.495 e. The zero-order chi connectivity index (χ0) is 13.1. The molecule has 2 aromatic rings. The summed E-state index contributed by atoms with van der Waals surface area (Å²) in [6.07, 6.45) is 5.00. The highest BCUT2D eigenvalue weighted by atomic mass is 16.5. The van der Waals surface area contributed by atoms with Crippen LogP contribution < -0.4 is 10.1 Å². The van der Waals surface area contributed by atoms with Crippen LogP contribution in [0.5, 0.6) is 5.75 Å². The van der Waals surface area contributed by atoms with E-state index in [-0.39, 0.29) is 0 Å². The summed E-state index contributed by atoms with van der Waals surface area (Å²) in [6, 6.07) is 10.4. The normalized spacial score (nSPS) is 13.5. The molecule has 3 heteroatoms. The Hall–Kier alpha value is -2.03. The van der Waals surface area contributed by atoms with Gasteiger partial charge < -0.3 is 10.1 Å². The molecule has 1 N–H and O–H groups in total. The lowest BCUT2D eigenvalue weighted by Crippen LogP contribution is -2.14. The van der Waals surface area contributed by atoms with Gasteiger partial charge >= 0.3 is 0 Å². The van der Waals surface area contributed by atoms with Gasteiger partial charge in [0.1, 0.15) is 5.75 Å². The van der Waals surface area contributed by atoms with E-state index in [9.17, 15) is 0 Å². The SMILES string of the molecule is COc1cccnc1Cc1cccc2c1NCCC2. The van der Waals surface area contributed by atoms with E-state index in [1.165, 1.54) is 23.2 Å². The first kappa shape index (κ1) is 12.0. The maximum Gasteiger partial charge on any atom is 0.140 e. The molecule has 0 saturated heterocycles. The van der Waals surface area contributed by atoms with E-state index in [1.807, 2.05) is 18.3 Å². The van der Waals surface area contributed by atoms with Crippen molar-refractivity contribution in [3.8, 4) is 5.75 Å². The van der Waals surface area contributed by atoms with E-state index < -0.39 is 0 Å².